The highest BCUT2D eigenvalue weighted by atomic mass is 16.3. The van der Waals surface area contributed by atoms with Gasteiger partial charge in [-0.2, -0.15) is 0 Å². The predicted octanol–water partition coefficient (Wildman–Crippen LogP) is 1.35. The number of carbonyl (C=O) groups excluding carboxylic acids is 1. The van der Waals surface area contributed by atoms with Crippen molar-refractivity contribution in [3.8, 4) is 0 Å². The van der Waals surface area contributed by atoms with E-state index < -0.39 is 11.5 Å². The summed E-state index contributed by atoms with van der Waals surface area (Å²) in [6, 6.07) is -0.463. The van der Waals surface area contributed by atoms with Crippen LogP contribution in [0.15, 0.2) is 0 Å². The van der Waals surface area contributed by atoms with E-state index in [4.69, 9.17) is 5.11 Å². The number of hydrogen-bond donors (Lipinski definition) is 2. The predicted molar refractivity (Wildman–Crippen MR) is 58.2 cm³/mol. The molecule has 84 valence electrons. The smallest absolute Gasteiger partial charge is 0.157 e. The van der Waals surface area contributed by atoms with Crippen LogP contribution in [0.1, 0.15) is 41.5 Å². The van der Waals surface area contributed by atoms with E-state index in [-0.39, 0.29) is 17.9 Å². The molecule has 0 heterocycles. The third-order valence-electron chi connectivity index (χ3n) is 1.85. The SMILES string of the molecule is CC(C)(C)N[C@@H](CO)C(=O)C(C)(C)C. The molecule has 0 saturated carbocycles. The number of aliphatic hydroxyl groups is 1. The first-order valence-corrected chi connectivity index (χ1v) is 5.01. The Hall–Kier alpha value is -0.410. The number of aliphatic hydroxyl groups excluding tert-OH is 1. The fourth-order valence-electron chi connectivity index (χ4n) is 1.24. The summed E-state index contributed by atoms with van der Waals surface area (Å²) >= 11 is 0. The summed E-state index contributed by atoms with van der Waals surface area (Å²) in [5, 5.41) is 12.3. The lowest BCUT2D eigenvalue weighted by Gasteiger charge is -2.30. The number of hydrogen-bond acceptors (Lipinski definition) is 3. The molecular formula is C11H23NO2. The molecule has 0 aliphatic carbocycles. The van der Waals surface area contributed by atoms with Crippen molar-refractivity contribution in [1.29, 1.82) is 0 Å². The molecule has 2 N–H and O–H groups in total. The topological polar surface area (TPSA) is 49.3 Å². The van der Waals surface area contributed by atoms with E-state index in [0.717, 1.165) is 0 Å². The molecule has 3 heteroatoms. The first kappa shape index (κ1) is 13.6. The van der Waals surface area contributed by atoms with Gasteiger partial charge in [-0.05, 0) is 20.8 Å². The van der Waals surface area contributed by atoms with Crippen molar-refractivity contribution in [2.24, 2.45) is 5.41 Å². The molecule has 0 aliphatic heterocycles. The minimum absolute atomic E-state index is 0.0509. The fraction of sp³-hybridized carbons (Fsp3) is 0.909. The Morgan fingerprint density at radius 1 is 1.21 bits per heavy atom. The Morgan fingerprint density at radius 3 is 1.86 bits per heavy atom. The van der Waals surface area contributed by atoms with Crippen LogP contribution in [0.4, 0.5) is 0 Å². The normalized spacial score (nSPS) is 15.4. The minimum Gasteiger partial charge on any atom is -0.394 e. The van der Waals surface area contributed by atoms with Crippen molar-refractivity contribution in [3.63, 3.8) is 0 Å². The number of ketones is 1. The molecular weight excluding hydrogens is 178 g/mol. The summed E-state index contributed by atoms with van der Waals surface area (Å²) in [4.78, 5) is 11.9. The monoisotopic (exact) mass is 201 g/mol. The van der Waals surface area contributed by atoms with Crippen LogP contribution in [-0.4, -0.2) is 29.1 Å². The number of nitrogens with one attached hydrogen (secondary N) is 1. The lowest BCUT2D eigenvalue weighted by molar-refractivity contribution is -0.129. The lowest BCUT2D eigenvalue weighted by Crippen LogP contribution is -2.52. The van der Waals surface area contributed by atoms with Crippen LogP contribution in [0.2, 0.25) is 0 Å². The Morgan fingerprint density at radius 2 is 1.64 bits per heavy atom. The molecule has 0 aromatic heterocycles. The average Bonchev–Trinajstić information content (AvgIpc) is 1.95. The largest absolute Gasteiger partial charge is 0.394 e. The number of rotatable bonds is 3. The first-order chi connectivity index (χ1) is 6.08. The van der Waals surface area contributed by atoms with Gasteiger partial charge in [0.1, 0.15) is 0 Å². The van der Waals surface area contributed by atoms with Crippen LogP contribution in [0, 0.1) is 5.41 Å². The van der Waals surface area contributed by atoms with Gasteiger partial charge in [0.25, 0.3) is 0 Å². The summed E-state index contributed by atoms with van der Waals surface area (Å²) in [7, 11) is 0. The quantitative estimate of drug-likeness (QED) is 0.724. The van der Waals surface area contributed by atoms with Gasteiger partial charge in [-0.1, -0.05) is 20.8 Å². The van der Waals surface area contributed by atoms with Crippen molar-refractivity contribution in [1.82, 2.24) is 5.32 Å². The first-order valence-electron chi connectivity index (χ1n) is 5.01. The summed E-state index contributed by atoms with van der Waals surface area (Å²) < 4.78 is 0. The van der Waals surface area contributed by atoms with Crippen molar-refractivity contribution in [2.45, 2.75) is 53.1 Å². The molecule has 0 aliphatic rings. The highest BCUT2D eigenvalue weighted by Gasteiger charge is 2.31. The van der Waals surface area contributed by atoms with Crippen LogP contribution in [0.5, 0.6) is 0 Å². The van der Waals surface area contributed by atoms with Gasteiger partial charge in [0.15, 0.2) is 5.78 Å². The molecule has 0 rings (SSSR count). The van der Waals surface area contributed by atoms with Crippen molar-refractivity contribution in [2.75, 3.05) is 6.61 Å². The van der Waals surface area contributed by atoms with E-state index in [1.54, 1.807) is 0 Å². The summed E-state index contributed by atoms with van der Waals surface area (Å²) in [5.74, 6) is 0.0509. The van der Waals surface area contributed by atoms with E-state index in [2.05, 4.69) is 5.32 Å². The van der Waals surface area contributed by atoms with Crippen LogP contribution in [-0.2, 0) is 4.79 Å². The van der Waals surface area contributed by atoms with E-state index in [1.807, 2.05) is 41.5 Å². The number of Topliss-reactive ketones (excluding diaryl/α,β-unsaturated/α-hetero) is 1. The van der Waals surface area contributed by atoms with Gasteiger partial charge in [-0.25, -0.2) is 0 Å². The second-order valence-corrected chi connectivity index (χ2v) is 5.74. The highest BCUT2D eigenvalue weighted by molar-refractivity contribution is 5.88. The molecule has 1 atom stereocenters. The molecule has 0 saturated heterocycles. The summed E-state index contributed by atoms with van der Waals surface area (Å²) in [6.07, 6.45) is 0. The standard InChI is InChI=1S/C11H23NO2/c1-10(2,3)9(14)8(7-13)12-11(4,5)6/h8,12-13H,7H2,1-6H3/t8-/m0/s1. The maximum absolute atomic E-state index is 11.9. The zero-order valence-electron chi connectivity index (χ0n) is 10.1. The molecule has 0 bridgehead atoms. The molecule has 0 aromatic rings. The minimum atomic E-state index is -0.463. The van der Waals surface area contributed by atoms with Gasteiger partial charge in [0.05, 0.1) is 12.6 Å². The van der Waals surface area contributed by atoms with Gasteiger partial charge < -0.3 is 10.4 Å². The Labute approximate surface area is 86.9 Å². The molecule has 3 nitrogen and oxygen atoms in total. The second-order valence-electron chi connectivity index (χ2n) is 5.74. The van der Waals surface area contributed by atoms with E-state index in [9.17, 15) is 4.79 Å². The molecule has 0 spiro atoms. The van der Waals surface area contributed by atoms with Crippen molar-refractivity contribution in [3.05, 3.63) is 0 Å². The van der Waals surface area contributed by atoms with Gasteiger partial charge in [0.2, 0.25) is 0 Å². The molecule has 0 fully saturated rings. The maximum Gasteiger partial charge on any atom is 0.157 e. The third-order valence-corrected chi connectivity index (χ3v) is 1.85. The molecule has 0 radical (unpaired) electrons. The third kappa shape index (κ3) is 4.72. The van der Waals surface area contributed by atoms with Crippen LogP contribution in [0.25, 0.3) is 0 Å². The zero-order chi connectivity index (χ0) is 11.6. The average molecular weight is 201 g/mol. The highest BCUT2D eigenvalue weighted by Crippen LogP contribution is 2.17. The zero-order valence-corrected chi connectivity index (χ0v) is 10.1. The maximum atomic E-state index is 11.9. The molecule has 0 amide bonds. The van der Waals surface area contributed by atoms with Gasteiger partial charge >= 0.3 is 0 Å². The van der Waals surface area contributed by atoms with E-state index in [0.29, 0.717) is 0 Å². The van der Waals surface area contributed by atoms with Crippen molar-refractivity contribution >= 4 is 5.78 Å². The van der Waals surface area contributed by atoms with E-state index in [1.165, 1.54) is 0 Å². The summed E-state index contributed by atoms with van der Waals surface area (Å²) in [5.41, 5.74) is -0.569. The van der Waals surface area contributed by atoms with E-state index >= 15 is 0 Å². The lowest BCUT2D eigenvalue weighted by atomic mass is 9.86. The van der Waals surface area contributed by atoms with Crippen LogP contribution >= 0.6 is 0 Å². The van der Waals surface area contributed by atoms with Crippen LogP contribution in [0.3, 0.4) is 0 Å². The Bertz CT molecular complexity index is 198. The van der Waals surface area contributed by atoms with Crippen molar-refractivity contribution < 1.29 is 9.90 Å². The molecule has 14 heavy (non-hydrogen) atoms. The second kappa shape index (κ2) is 4.41. The molecule has 0 unspecified atom stereocenters. The van der Waals surface area contributed by atoms with Gasteiger partial charge in [-0.3, -0.25) is 4.79 Å². The van der Waals surface area contributed by atoms with Gasteiger partial charge in [-0.15, -0.1) is 0 Å². The van der Waals surface area contributed by atoms with Gasteiger partial charge in [0, 0.05) is 11.0 Å². The van der Waals surface area contributed by atoms with Crippen LogP contribution < -0.4 is 5.32 Å². The fourth-order valence-corrected chi connectivity index (χ4v) is 1.24. The Balaban J connectivity index is 4.51. The Kier molecular flexibility index (Phi) is 4.28. The molecule has 0 aromatic carbocycles. The summed E-state index contributed by atoms with van der Waals surface area (Å²) in [6.45, 7) is 11.4. The number of carbonyl (C=O) groups is 1.